The monoisotopic (exact) mass is 412 g/mol. The fourth-order valence-electron chi connectivity index (χ4n) is 2.26. The molecule has 152 valence electrons. The summed E-state index contributed by atoms with van der Waals surface area (Å²) in [5.41, 5.74) is 0.716. The van der Waals surface area contributed by atoms with Gasteiger partial charge in [0.1, 0.15) is 11.5 Å². The van der Waals surface area contributed by atoms with Crippen LogP contribution in [0.2, 0.25) is 0 Å². The zero-order valence-electron chi connectivity index (χ0n) is 19.5. The van der Waals surface area contributed by atoms with Crippen molar-refractivity contribution in [3.8, 4) is 11.5 Å². The Balaban J connectivity index is 2.13. The van der Waals surface area contributed by atoms with Crippen LogP contribution >= 0.6 is 0 Å². The smallest absolute Gasteiger partial charge is 0.333 e. The quantitative estimate of drug-likeness (QED) is 0.567. The molecule has 0 unspecified atom stereocenters. The lowest BCUT2D eigenvalue weighted by Gasteiger charge is -2.13. The van der Waals surface area contributed by atoms with Crippen LogP contribution in [0.1, 0.15) is 23.5 Å². The van der Waals surface area contributed by atoms with Crippen LogP contribution in [0.15, 0.2) is 48.4 Å². The molecule has 28 heavy (non-hydrogen) atoms. The first kappa shape index (κ1) is 16.4. The molecule has 0 saturated carbocycles. The Morgan fingerprint density at radius 3 is 2.29 bits per heavy atom. The molecule has 0 bridgehead atoms. The van der Waals surface area contributed by atoms with Crippen LogP contribution in [-0.2, 0) is 32.5 Å². The molecular formula is C20H24O7S. The minimum Gasteiger partial charge on any atom is -0.493 e. The number of carbonyl (C=O) groups is 1. The van der Waals surface area contributed by atoms with Crippen LogP contribution in [0.5, 0.6) is 11.5 Å². The van der Waals surface area contributed by atoms with E-state index in [9.17, 15) is 18.3 Å². The third-order valence-corrected chi connectivity index (χ3v) is 3.99. The first-order chi connectivity index (χ1) is 14.9. The molecule has 0 radical (unpaired) electrons. The second-order valence-electron chi connectivity index (χ2n) is 5.82. The van der Waals surface area contributed by atoms with Gasteiger partial charge in [-0.05, 0) is 42.3 Å². The van der Waals surface area contributed by atoms with Gasteiger partial charge in [0.05, 0.1) is 18.3 Å². The Labute approximate surface area is 170 Å². The first-order valence-corrected chi connectivity index (χ1v) is 10.3. The molecule has 0 saturated heterocycles. The molecule has 8 heteroatoms. The minimum atomic E-state index is -3.62. The van der Waals surface area contributed by atoms with E-state index in [0.29, 0.717) is 6.42 Å². The second kappa shape index (κ2) is 10.1. The van der Waals surface area contributed by atoms with Gasteiger partial charge in [-0.2, -0.15) is 8.42 Å². The summed E-state index contributed by atoms with van der Waals surface area (Å²) in [5.74, 6) is -1.32. The molecule has 1 N–H and O–H groups in total. The van der Waals surface area contributed by atoms with Gasteiger partial charge in [-0.3, -0.25) is 0 Å². The van der Waals surface area contributed by atoms with Gasteiger partial charge in [-0.15, -0.1) is 0 Å². The standard InChI is InChI=1S/C20H24O7S/c1-3-25-19(20(21)22)14-16-6-8-17(9-7-16)26-13-12-15-4-10-18(11-5-15)27-28(2,23)24/h4-11,19H,3,12-14H2,1-2H3,(H,21,22)/t19-/m0/s1/i6D,7D,8D,9D. The van der Waals surface area contributed by atoms with Crippen LogP contribution in [0.25, 0.3) is 0 Å². The predicted molar refractivity (Wildman–Crippen MR) is 104 cm³/mol. The minimum absolute atomic E-state index is 0.0406. The number of ether oxygens (including phenoxy) is 2. The van der Waals surface area contributed by atoms with E-state index in [1.54, 1.807) is 19.1 Å². The molecule has 0 aliphatic rings. The molecule has 0 spiro atoms. The van der Waals surface area contributed by atoms with Crippen molar-refractivity contribution < 1.29 is 37.5 Å². The number of benzene rings is 2. The van der Waals surface area contributed by atoms with Gasteiger partial charge >= 0.3 is 16.1 Å². The van der Waals surface area contributed by atoms with Crippen LogP contribution < -0.4 is 8.92 Å². The maximum Gasteiger partial charge on any atom is 0.333 e. The lowest BCUT2D eigenvalue weighted by Crippen LogP contribution is -2.26. The Kier molecular flexibility index (Phi) is 5.91. The lowest BCUT2D eigenvalue weighted by atomic mass is 10.1. The molecule has 0 amide bonds. The van der Waals surface area contributed by atoms with E-state index < -0.39 is 34.3 Å². The van der Waals surface area contributed by atoms with Crippen molar-refractivity contribution in [1.82, 2.24) is 0 Å². The third kappa shape index (κ3) is 7.58. The summed E-state index contributed by atoms with van der Waals surface area (Å²) in [6.07, 6.45) is -0.294. The topological polar surface area (TPSA) is 99.1 Å². The van der Waals surface area contributed by atoms with Gasteiger partial charge in [0.15, 0.2) is 6.10 Å². The summed E-state index contributed by atoms with van der Waals surface area (Å²) in [4.78, 5) is 11.3. The van der Waals surface area contributed by atoms with Crippen LogP contribution in [0.4, 0.5) is 0 Å². The highest BCUT2D eigenvalue weighted by Gasteiger charge is 2.17. The van der Waals surface area contributed by atoms with Crippen molar-refractivity contribution in [2.45, 2.75) is 25.9 Å². The van der Waals surface area contributed by atoms with Gasteiger partial charge < -0.3 is 18.8 Å². The highest BCUT2D eigenvalue weighted by Crippen LogP contribution is 2.17. The normalized spacial score (nSPS) is 14.4. The Bertz CT molecular complexity index is 1040. The molecule has 0 aromatic heterocycles. The molecule has 2 aromatic carbocycles. The van der Waals surface area contributed by atoms with E-state index in [2.05, 4.69) is 0 Å². The zero-order chi connectivity index (χ0) is 24.1. The average Bonchev–Trinajstić information content (AvgIpc) is 2.71. The number of rotatable bonds is 11. The third-order valence-electron chi connectivity index (χ3n) is 3.49. The highest BCUT2D eigenvalue weighted by molar-refractivity contribution is 7.86. The van der Waals surface area contributed by atoms with Gasteiger partial charge in [0.25, 0.3) is 0 Å². The van der Waals surface area contributed by atoms with Crippen molar-refractivity contribution in [1.29, 1.82) is 0 Å². The summed E-state index contributed by atoms with van der Waals surface area (Å²) in [7, 11) is -3.62. The van der Waals surface area contributed by atoms with Crippen LogP contribution in [0.3, 0.4) is 0 Å². The predicted octanol–water partition coefficient (Wildman–Crippen LogP) is 2.68. The lowest BCUT2D eigenvalue weighted by molar-refractivity contribution is -0.149. The number of hydrogen-bond donors (Lipinski definition) is 1. The molecule has 1 atom stereocenters. The SMILES string of the molecule is [2H]c1c([2H])c(OCCc2ccc(OS(C)(=O)=O)cc2)c([2H])c([2H])c1C[C@H](OCC)C(=O)O. The van der Waals surface area contributed by atoms with Crippen molar-refractivity contribution in [3.63, 3.8) is 0 Å². The van der Waals surface area contributed by atoms with Crippen molar-refractivity contribution in [2.24, 2.45) is 0 Å². The van der Waals surface area contributed by atoms with Gasteiger partial charge in [0.2, 0.25) is 0 Å². The fourth-order valence-corrected chi connectivity index (χ4v) is 2.72. The highest BCUT2D eigenvalue weighted by atomic mass is 32.2. The Morgan fingerprint density at radius 2 is 1.75 bits per heavy atom. The average molecular weight is 412 g/mol. The van der Waals surface area contributed by atoms with Gasteiger partial charge in [-0.25, -0.2) is 4.79 Å². The summed E-state index contributed by atoms with van der Waals surface area (Å²) in [5, 5.41) is 9.23. The Hall–Kier alpha value is -2.58. The summed E-state index contributed by atoms with van der Waals surface area (Å²) in [6.45, 7) is 1.79. The number of carboxylic acid groups (broad SMARTS) is 1. The number of aliphatic carboxylic acids is 1. The Morgan fingerprint density at radius 1 is 1.11 bits per heavy atom. The first-order valence-electron chi connectivity index (χ1n) is 10.5. The zero-order valence-corrected chi connectivity index (χ0v) is 16.3. The van der Waals surface area contributed by atoms with E-state index in [-0.39, 0.29) is 48.8 Å². The maximum absolute atomic E-state index is 11.3. The van der Waals surface area contributed by atoms with Crippen LogP contribution in [0, 0.1) is 0 Å². The van der Waals surface area contributed by atoms with Gasteiger partial charge in [-0.1, -0.05) is 24.2 Å². The van der Waals surface area contributed by atoms with E-state index in [1.807, 2.05) is 0 Å². The fraction of sp³-hybridized carbons (Fsp3) is 0.350. The van der Waals surface area contributed by atoms with E-state index in [1.165, 1.54) is 12.1 Å². The molecule has 0 fully saturated rings. The molecule has 0 heterocycles. The molecule has 2 aromatic rings. The maximum atomic E-state index is 11.3. The van der Waals surface area contributed by atoms with Crippen molar-refractivity contribution in [3.05, 3.63) is 59.6 Å². The number of carboxylic acids is 1. The number of hydrogen-bond acceptors (Lipinski definition) is 6. The molecule has 2 rings (SSSR count). The molecule has 7 nitrogen and oxygen atoms in total. The van der Waals surface area contributed by atoms with E-state index in [0.717, 1.165) is 11.8 Å². The van der Waals surface area contributed by atoms with Crippen molar-refractivity contribution in [2.75, 3.05) is 19.5 Å². The van der Waals surface area contributed by atoms with Gasteiger partial charge in [0, 0.05) is 19.4 Å². The summed E-state index contributed by atoms with van der Waals surface area (Å²) < 4.78 is 70.3. The van der Waals surface area contributed by atoms with E-state index >= 15 is 0 Å². The molecule has 0 aliphatic heterocycles. The second-order valence-corrected chi connectivity index (χ2v) is 7.40. The van der Waals surface area contributed by atoms with Crippen molar-refractivity contribution >= 4 is 16.1 Å². The molecular weight excluding hydrogens is 384 g/mol. The largest absolute Gasteiger partial charge is 0.493 e. The van der Waals surface area contributed by atoms with Crippen LogP contribution in [-0.4, -0.2) is 45.1 Å². The van der Waals surface area contributed by atoms with E-state index in [4.69, 9.17) is 19.1 Å². The summed E-state index contributed by atoms with van der Waals surface area (Å²) >= 11 is 0. The summed E-state index contributed by atoms with van der Waals surface area (Å²) in [6, 6.07) is 4.68. The molecule has 0 aliphatic carbocycles.